The minimum absolute atomic E-state index is 0.00715. The van der Waals surface area contributed by atoms with Crippen molar-refractivity contribution in [2.75, 3.05) is 5.32 Å². The summed E-state index contributed by atoms with van der Waals surface area (Å²) >= 11 is 0. The number of hydrogen-bond acceptors (Lipinski definition) is 6. The third-order valence-electron chi connectivity index (χ3n) is 5.49. The summed E-state index contributed by atoms with van der Waals surface area (Å²) in [6, 6.07) is 9.81. The SMILES string of the molecule is Cc1cn(-c2cc(Nc3ncnc(Oc4ccc5[nH]c(C)cc5c4F)c3C#N)cc(C(F)(F)F)c2)cn1. The average molecular weight is 507 g/mol. The Labute approximate surface area is 207 Å². The molecule has 2 N–H and O–H groups in total. The third-order valence-corrected chi connectivity index (χ3v) is 5.49. The van der Waals surface area contributed by atoms with Gasteiger partial charge in [-0.3, -0.25) is 0 Å². The largest absolute Gasteiger partial charge is 0.434 e. The van der Waals surface area contributed by atoms with Gasteiger partial charge in [0.15, 0.2) is 22.9 Å². The molecule has 2 aromatic carbocycles. The molecule has 37 heavy (non-hydrogen) atoms. The van der Waals surface area contributed by atoms with Crippen LogP contribution in [0.4, 0.5) is 29.1 Å². The molecule has 0 amide bonds. The zero-order valence-corrected chi connectivity index (χ0v) is 19.4. The number of aryl methyl sites for hydroxylation is 2. The molecule has 0 spiro atoms. The van der Waals surface area contributed by atoms with Gasteiger partial charge >= 0.3 is 6.18 Å². The standard InChI is InChI=1S/C25H17F4N7O/c1-13-5-18-20(34-13)3-4-21(22(18)26)37-24-19(9-30)23(31-11-32-24)35-16-6-15(25(27,28)29)7-17(8-16)36-10-14(2)33-12-36/h3-8,10-12,34H,1-2H3,(H,31,32,35). The number of nitriles is 1. The maximum absolute atomic E-state index is 15.0. The highest BCUT2D eigenvalue weighted by molar-refractivity contribution is 5.83. The topological polar surface area (TPSA) is 104 Å². The molecule has 0 aliphatic rings. The van der Waals surface area contributed by atoms with Gasteiger partial charge in [0.2, 0.25) is 5.88 Å². The zero-order valence-electron chi connectivity index (χ0n) is 19.4. The molecule has 0 saturated heterocycles. The van der Waals surface area contributed by atoms with Crippen LogP contribution in [0.3, 0.4) is 0 Å². The van der Waals surface area contributed by atoms with E-state index >= 15 is 4.39 Å². The molecule has 0 bridgehead atoms. The number of aromatic nitrogens is 5. The number of rotatable bonds is 5. The van der Waals surface area contributed by atoms with Crippen LogP contribution in [0.5, 0.6) is 11.6 Å². The molecule has 186 valence electrons. The first-order valence-electron chi connectivity index (χ1n) is 10.8. The van der Waals surface area contributed by atoms with E-state index in [-0.39, 0.29) is 34.4 Å². The summed E-state index contributed by atoms with van der Waals surface area (Å²) in [7, 11) is 0. The van der Waals surface area contributed by atoms with Gasteiger partial charge in [-0.25, -0.2) is 19.3 Å². The summed E-state index contributed by atoms with van der Waals surface area (Å²) in [4.78, 5) is 15.0. The molecule has 8 nitrogen and oxygen atoms in total. The van der Waals surface area contributed by atoms with Gasteiger partial charge in [0, 0.05) is 34.2 Å². The number of imidazole rings is 1. The number of fused-ring (bicyclic) bond motifs is 1. The fourth-order valence-corrected chi connectivity index (χ4v) is 3.81. The maximum atomic E-state index is 15.0. The minimum Gasteiger partial charge on any atom is -0.434 e. The van der Waals surface area contributed by atoms with E-state index in [1.165, 1.54) is 23.0 Å². The van der Waals surface area contributed by atoms with Crippen molar-refractivity contribution in [3.63, 3.8) is 0 Å². The summed E-state index contributed by atoms with van der Waals surface area (Å²) in [6.07, 6.45) is -0.604. The van der Waals surface area contributed by atoms with Gasteiger partial charge < -0.3 is 19.6 Å². The van der Waals surface area contributed by atoms with E-state index in [1.54, 1.807) is 32.2 Å². The van der Waals surface area contributed by atoms with Crippen molar-refractivity contribution in [3.05, 3.63) is 83.6 Å². The van der Waals surface area contributed by atoms with Crippen molar-refractivity contribution in [2.24, 2.45) is 0 Å². The Morgan fingerprint density at radius 1 is 1.08 bits per heavy atom. The van der Waals surface area contributed by atoms with E-state index in [2.05, 4.69) is 25.3 Å². The lowest BCUT2D eigenvalue weighted by molar-refractivity contribution is -0.137. The van der Waals surface area contributed by atoms with Gasteiger partial charge in [0.1, 0.15) is 12.4 Å². The monoisotopic (exact) mass is 507 g/mol. The summed E-state index contributed by atoms with van der Waals surface area (Å²) < 4.78 is 62.9. The minimum atomic E-state index is -4.63. The van der Waals surface area contributed by atoms with Gasteiger partial charge in [-0.2, -0.15) is 18.4 Å². The lowest BCUT2D eigenvalue weighted by atomic mass is 10.1. The quantitative estimate of drug-likeness (QED) is 0.270. The number of ether oxygens (including phenoxy) is 1. The highest BCUT2D eigenvalue weighted by Crippen LogP contribution is 2.36. The molecule has 3 aromatic heterocycles. The first kappa shape index (κ1) is 23.8. The van der Waals surface area contributed by atoms with E-state index in [9.17, 15) is 18.4 Å². The summed E-state index contributed by atoms with van der Waals surface area (Å²) in [5.41, 5.74) is 1.01. The molecule has 0 aliphatic carbocycles. The van der Waals surface area contributed by atoms with Crippen LogP contribution in [0.25, 0.3) is 16.6 Å². The van der Waals surface area contributed by atoms with Gasteiger partial charge in [-0.15, -0.1) is 0 Å². The number of aromatic amines is 1. The number of halogens is 4. The molecule has 0 radical (unpaired) electrons. The molecule has 0 saturated carbocycles. The molecular formula is C25H17F4N7O. The highest BCUT2D eigenvalue weighted by atomic mass is 19.4. The number of anilines is 2. The lowest BCUT2D eigenvalue weighted by Crippen LogP contribution is -2.08. The van der Waals surface area contributed by atoms with Crippen molar-refractivity contribution < 1.29 is 22.3 Å². The summed E-state index contributed by atoms with van der Waals surface area (Å²) in [5.74, 6) is -1.21. The number of hydrogen-bond donors (Lipinski definition) is 2. The van der Waals surface area contributed by atoms with Crippen LogP contribution in [0.15, 0.2) is 55.2 Å². The third kappa shape index (κ3) is 4.66. The number of H-pyrrole nitrogens is 1. The predicted molar refractivity (Wildman–Crippen MR) is 126 cm³/mol. The van der Waals surface area contributed by atoms with E-state index < -0.39 is 17.6 Å². The second-order valence-electron chi connectivity index (χ2n) is 8.22. The van der Waals surface area contributed by atoms with Gasteiger partial charge in [0.05, 0.1) is 17.6 Å². The molecule has 3 heterocycles. The van der Waals surface area contributed by atoms with Crippen molar-refractivity contribution in [3.8, 4) is 23.4 Å². The zero-order chi connectivity index (χ0) is 26.3. The van der Waals surface area contributed by atoms with Gasteiger partial charge in [0.25, 0.3) is 0 Å². The molecule has 0 fully saturated rings. The second kappa shape index (κ2) is 8.94. The van der Waals surface area contributed by atoms with Crippen LogP contribution < -0.4 is 10.1 Å². The van der Waals surface area contributed by atoms with Crippen LogP contribution in [-0.2, 0) is 6.18 Å². The summed E-state index contributed by atoms with van der Waals surface area (Å²) in [5, 5.41) is 12.8. The Balaban J connectivity index is 1.53. The molecule has 0 aliphatic heterocycles. The van der Waals surface area contributed by atoms with Crippen LogP contribution in [0.2, 0.25) is 0 Å². The van der Waals surface area contributed by atoms with E-state index in [0.717, 1.165) is 24.2 Å². The average Bonchev–Trinajstić information content (AvgIpc) is 3.46. The first-order valence-corrected chi connectivity index (χ1v) is 10.8. The Bertz CT molecular complexity index is 1680. The van der Waals surface area contributed by atoms with Gasteiger partial charge in [-0.05, 0) is 50.2 Å². The Morgan fingerprint density at radius 2 is 1.89 bits per heavy atom. The van der Waals surface area contributed by atoms with Crippen LogP contribution >= 0.6 is 0 Å². The number of nitrogens with one attached hydrogen (secondary N) is 2. The number of benzene rings is 2. The highest BCUT2D eigenvalue weighted by Gasteiger charge is 2.31. The van der Waals surface area contributed by atoms with E-state index in [1.807, 2.05) is 6.07 Å². The molecule has 0 unspecified atom stereocenters. The van der Waals surface area contributed by atoms with Crippen molar-refractivity contribution in [1.29, 1.82) is 5.26 Å². The number of alkyl halides is 3. The molecule has 5 rings (SSSR count). The Morgan fingerprint density at radius 3 is 2.59 bits per heavy atom. The maximum Gasteiger partial charge on any atom is 0.416 e. The van der Waals surface area contributed by atoms with Crippen LogP contribution in [0, 0.1) is 31.0 Å². The van der Waals surface area contributed by atoms with Crippen molar-refractivity contribution in [2.45, 2.75) is 20.0 Å². The molecule has 0 atom stereocenters. The summed E-state index contributed by atoms with van der Waals surface area (Å²) in [6.45, 7) is 3.49. The van der Waals surface area contributed by atoms with Gasteiger partial charge in [-0.1, -0.05) is 0 Å². The second-order valence-corrected chi connectivity index (χ2v) is 8.22. The molecule has 12 heteroatoms. The van der Waals surface area contributed by atoms with Crippen molar-refractivity contribution in [1.82, 2.24) is 24.5 Å². The lowest BCUT2D eigenvalue weighted by Gasteiger charge is -2.15. The normalized spacial score (nSPS) is 11.5. The van der Waals surface area contributed by atoms with E-state index in [0.29, 0.717) is 16.6 Å². The van der Waals surface area contributed by atoms with E-state index in [4.69, 9.17) is 4.74 Å². The molecule has 5 aromatic rings. The van der Waals surface area contributed by atoms with Crippen LogP contribution in [0.1, 0.15) is 22.5 Å². The fraction of sp³-hybridized carbons (Fsp3) is 0.120. The first-order chi connectivity index (χ1) is 17.6. The van der Waals surface area contributed by atoms with Crippen LogP contribution in [-0.4, -0.2) is 24.5 Å². The Hall–Kier alpha value is -4.92. The smallest absolute Gasteiger partial charge is 0.416 e. The fourth-order valence-electron chi connectivity index (χ4n) is 3.81. The Kier molecular flexibility index (Phi) is 5.75. The van der Waals surface area contributed by atoms with Crippen molar-refractivity contribution >= 4 is 22.4 Å². The predicted octanol–water partition coefficient (Wildman–Crippen LogP) is 6.33. The molecular weight excluding hydrogens is 490 g/mol. The number of nitrogens with zero attached hydrogens (tertiary/aromatic N) is 5.